The maximum atomic E-state index is 4.86. The average Bonchev–Trinajstić information content (AvgIpc) is 3.31. The SMILES string of the molecule is c1cncc(-c2nc3c(c(NC4CCc5cn[nH]c5C4)n2)CCC3)c1. The lowest BCUT2D eigenvalue weighted by Gasteiger charge is -2.24. The maximum Gasteiger partial charge on any atom is 0.163 e. The molecule has 0 radical (unpaired) electrons. The molecule has 6 heteroatoms. The molecule has 0 bridgehead atoms. The van der Waals surface area contributed by atoms with E-state index in [9.17, 15) is 0 Å². The Morgan fingerprint density at radius 2 is 2.12 bits per heavy atom. The molecule has 3 aromatic heterocycles. The number of anilines is 1. The minimum absolute atomic E-state index is 0.384. The van der Waals surface area contributed by atoms with E-state index in [-0.39, 0.29) is 0 Å². The fraction of sp³-hybridized carbons (Fsp3) is 0.368. The van der Waals surface area contributed by atoms with Gasteiger partial charge in [-0.2, -0.15) is 5.10 Å². The van der Waals surface area contributed by atoms with Gasteiger partial charge in [0, 0.05) is 47.4 Å². The zero-order chi connectivity index (χ0) is 16.6. The summed E-state index contributed by atoms with van der Waals surface area (Å²) in [6, 6.07) is 4.33. The number of fused-ring (bicyclic) bond motifs is 2. The van der Waals surface area contributed by atoms with Gasteiger partial charge in [-0.1, -0.05) is 0 Å². The van der Waals surface area contributed by atoms with E-state index in [2.05, 4.69) is 20.5 Å². The molecule has 0 aliphatic heterocycles. The van der Waals surface area contributed by atoms with Gasteiger partial charge < -0.3 is 5.32 Å². The van der Waals surface area contributed by atoms with E-state index in [4.69, 9.17) is 9.97 Å². The molecular formula is C19H20N6. The summed E-state index contributed by atoms with van der Waals surface area (Å²) in [7, 11) is 0. The summed E-state index contributed by atoms with van der Waals surface area (Å²) in [5, 5.41) is 11.0. The van der Waals surface area contributed by atoms with E-state index >= 15 is 0 Å². The minimum atomic E-state index is 0.384. The number of nitrogens with one attached hydrogen (secondary N) is 2. The van der Waals surface area contributed by atoms with Gasteiger partial charge in [-0.15, -0.1) is 0 Å². The summed E-state index contributed by atoms with van der Waals surface area (Å²) in [6.45, 7) is 0. The van der Waals surface area contributed by atoms with Crippen LogP contribution in [0.25, 0.3) is 11.4 Å². The van der Waals surface area contributed by atoms with Crippen molar-refractivity contribution in [2.24, 2.45) is 0 Å². The lowest BCUT2D eigenvalue weighted by molar-refractivity contribution is 0.600. The molecule has 2 aliphatic rings. The number of nitrogens with zero attached hydrogens (tertiary/aromatic N) is 4. The van der Waals surface area contributed by atoms with Crippen molar-refractivity contribution in [3.8, 4) is 11.4 Å². The molecule has 25 heavy (non-hydrogen) atoms. The second kappa shape index (κ2) is 5.95. The summed E-state index contributed by atoms with van der Waals surface area (Å²) >= 11 is 0. The van der Waals surface area contributed by atoms with Gasteiger partial charge in [0.1, 0.15) is 5.82 Å². The molecule has 1 atom stereocenters. The Morgan fingerprint density at radius 3 is 3.04 bits per heavy atom. The largest absolute Gasteiger partial charge is 0.367 e. The molecule has 3 heterocycles. The van der Waals surface area contributed by atoms with Crippen LogP contribution in [0.3, 0.4) is 0 Å². The number of aromatic amines is 1. The van der Waals surface area contributed by atoms with E-state index in [1.807, 2.05) is 24.5 Å². The first kappa shape index (κ1) is 14.6. The molecule has 3 aromatic rings. The lowest BCUT2D eigenvalue weighted by Crippen LogP contribution is -2.28. The highest BCUT2D eigenvalue weighted by molar-refractivity contribution is 5.60. The van der Waals surface area contributed by atoms with Crippen LogP contribution in [-0.2, 0) is 25.7 Å². The Kier molecular flexibility index (Phi) is 3.47. The monoisotopic (exact) mass is 332 g/mol. The first-order valence-corrected chi connectivity index (χ1v) is 8.94. The predicted molar refractivity (Wildman–Crippen MR) is 95.3 cm³/mol. The van der Waals surface area contributed by atoms with Gasteiger partial charge in [0.05, 0.1) is 6.20 Å². The highest BCUT2D eigenvalue weighted by atomic mass is 15.1. The zero-order valence-electron chi connectivity index (χ0n) is 14.0. The molecule has 2 N–H and O–H groups in total. The van der Waals surface area contributed by atoms with Crippen LogP contribution in [0, 0.1) is 0 Å². The Labute approximate surface area is 146 Å². The van der Waals surface area contributed by atoms with Crippen molar-refractivity contribution in [3.05, 3.63) is 53.2 Å². The van der Waals surface area contributed by atoms with Crippen LogP contribution in [0.15, 0.2) is 30.7 Å². The second-order valence-corrected chi connectivity index (χ2v) is 6.87. The summed E-state index contributed by atoms with van der Waals surface area (Å²) in [5.41, 5.74) is 6.06. The van der Waals surface area contributed by atoms with Gasteiger partial charge in [-0.3, -0.25) is 10.1 Å². The van der Waals surface area contributed by atoms with Crippen molar-refractivity contribution in [2.75, 3.05) is 5.32 Å². The normalized spacial score (nSPS) is 18.6. The zero-order valence-corrected chi connectivity index (χ0v) is 14.0. The van der Waals surface area contributed by atoms with E-state index in [1.54, 1.807) is 6.20 Å². The van der Waals surface area contributed by atoms with Gasteiger partial charge in [0.15, 0.2) is 5.82 Å². The van der Waals surface area contributed by atoms with E-state index in [0.717, 1.165) is 55.7 Å². The number of H-pyrrole nitrogens is 1. The second-order valence-electron chi connectivity index (χ2n) is 6.87. The third-order valence-corrected chi connectivity index (χ3v) is 5.21. The fourth-order valence-electron chi connectivity index (χ4n) is 3.90. The smallest absolute Gasteiger partial charge is 0.163 e. The Hall–Kier alpha value is -2.76. The number of aromatic nitrogens is 5. The Morgan fingerprint density at radius 1 is 1.12 bits per heavy atom. The van der Waals surface area contributed by atoms with Crippen molar-refractivity contribution in [2.45, 2.75) is 44.6 Å². The molecule has 0 saturated carbocycles. The molecular weight excluding hydrogens is 312 g/mol. The van der Waals surface area contributed by atoms with Crippen molar-refractivity contribution in [1.29, 1.82) is 0 Å². The molecule has 6 nitrogen and oxygen atoms in total. The van der Waals surface area contributed by atoms with Gasteiger partial charge >= 0.3 is 0 Å². The minimum Gasteiger partial charge on any atom is -0.367 e. The van der Waals surface area contributed by atoms with Crippen LogP contribution in [0.2, 0.25) is 0 Å². The van der Waals surface area contributed by atoms with Crippen LogP contribution < -0.4 is 5.32 Å². The molecule has 0 aromatic carbocycles. The van der Waals surface area contributed by atoms with Crippen molar-refractivity contribution < 1.29 is 0 Å². The molecule has 0 saturated heterocycles. The molecule has 0 fully saturated rings. The highest BCUT2D eigenvalue weighted by Gasteiger charge is 2.24. The average molecular weight is 332 g/mol. The van der Waals surface area contributed by atoms with Gasteiger partial charge in [-0.05, 0) is 49.8 Å². The number of pyridine rings is 1. The first-order chi connectivity index (χ1) is 12.4. The van der Waals surface area contributed by atoms with Crippen molar-refractivity contribution >= 4 is 5.82 Å². The number of aryl methyl sites for hydroxylation is 2. The Bertz CT molecular complexity index is 902. The van der Waals surface area contributed by atoms with Crippen LogP contribution >= 0.6 is 0 Å². The van der Waals surface area contributed by atoms with Gasteiger partial charge in [0.2, 0.25) is 0 Å². The van der Waals surface area contributed by atoms with E-state index in [0.29, 0.717) is 6.04 Å². The van der Waals surface area contributed by atoms with Crippen LogP contribution in [0.4, 0.5) is 5.82 Å². The van der Waals surface area contributed by atoms with E-state index in [1.165, 1.54) is 22.5 Å². The topological polar surface area (TPSA) is 79.4 Å². The van der Waals surface area contributed by atoms with Gasteiger partial charge in [-0.25, -0.2) is 9.97 Å². The first-order valence-electron chi connectivity index (χ1n) is 8.94. The predicted octanol–water partition coefficient (Wildman–Crippen LogP) is 2.72. The third-order valence-electron chi connectivity index (χ3n) is 5.21. The molecule has 5 rings (SSSR count). The summed E-state index contributed by atoms with van der Waals surface area (Å²) in [5.74, 6) is 1.78. The standard InChI is InChI=1S/C19H20N6/c1-4-15-16(5-1)23-18(13-3-2-8-20-10-13)24-19(15)22-14-7-6-12-11-21-25-17(12)9-14/h2-3,8,10-11,14H,1,4-7,9H2,(H,21,25)(H,22,23,24). The quantitative estimate of drug-likeness (QED) is 0.771. The molecule has 2 aliphatic carbocycles. The highest BCUT2D eigenvalue weighted by Crippen LogP contribution is 2.31. The fourth-order valence-corrected chi connectivity index (χ4v) is 3.90. The van der Waals surface area contributed by atoms with Crippen molar-refractivity contribution in [1.82, 2.24) is 25.1 Å². The summed E-state index contributed by atoms with van der Waals surface area (Å²) in [6.07, 6.45) is 12.0. The Balaban J connectivity index is 1.48. The van der Waals surface area contributed by atoms with E-state index < -0.39 is 0 Å². The molecule has 0 amide bonds. The van der Waals surface area contributed by atoms with Crippen LogP contribution in [0.5, 0.6) is 0 Å². The number of hydrogen-bond donors (Lipinski definition) is 2. The van der Waals surface area contributed by atoms with Crippen molar-refractivity contribution in [3.63, 3.8) is 0 Å². The summed E-state index contributed by atoms with van der Waals surface area (Å²) in [4.78, 5) is 13.9. The van der Waals surface area contributed by atoms with Crippen LogP contribution in [-0.4, -0.2) is 31.2 Å². The number of rotatable bonds is 3. The molecule has 0 spiro atoms. The lowest BCUT2D eigenvalue weighted by atomic mass is 9.93. The maximum absolute atomic E-state index is 4.86. The number of hydrogen-bond acceptors (Lipinski definition) is 5. The molecule has 126 valence electrons. The van der Waals surface area contributed by atoms with Gasteiger partial charge in [0.25, 0.3) is 0 Å². The third kappa shape index (κ3) is 2.67. The molecule has 1 unspecified atom stereocenters. The van der Waals surface area contributed by atoms with Crippen LogP contribution in [0.1, 0.15) is 35.4 Å². The summed E-state index contributed by atoms with van der Waals surface area (Å²) < 4.78 is 0.